The van der Waals surface area contributed by atoms with Crippen LogP contribution in [-0.2, 0) is 11.2 Å². The van der Waals surface area contributed by atoms with Gasteiger partial charge < -0.3 is 10.5 Å². The summed E-state index contributed by atoms with van der Waals surface area (Å²) >= 11 is 0. The Morgan fingerprint density at radius 3 is 2.67 bits per heavy atom. The normalized spacial score (nSPS) is 11.6. The largest absolute Gasteiger partial charge is 0.491 e. The van der Waals surface area contributed by atoms with Crippen LogP contribution < -0.4 is 10.5 Å². The average molecular weight is 455 g/mol. The van der Waals surface area contributed by atoms with Gasteiger partial charge in [0.1, 0.15) is 11.4 Å². The summed E-state index contributed by atoms with van der Waals surface area (Å²) < 4.78 is 44.0. The first-order valence-corrected chi connectivity index (χ1v) is 10.1. The molecule has 3 heterocycles. The van der Waals surface area contributed by atoms with Crippen LogP contribution in [0.2, 0.25) is 0 Å². The molecule has 0 aliphatic carbocycles. The SMILES string of the molecule is COc1cnc(-c2ccn3c(-c4cccc(CC(=O)CCC(F)(F)F)c4)cnc3c2)nc1N. The van der Waals surface area contributed by atoms with Crippen molar-refractivity contribution >= 4 is 17.2 Å². The fourth-order valence-electron chi connectivity index (χ4n) is 3.45. The number of benzene rings is 1. The number of nitrogens with zero attached hydrogens (tertiary/aromatic N) is 4. The summed E-state index contributed by atoms with van der Waals surface area (Å²) in [7, 11) is 1.49. The molecular formula is C23H20F3N5O2. The van der Waals surface area contributed by atoms with E-state index in [2.05, 4.69) is 15.0 Å². The van der Waals surface area contributed by atoms with E-state index < -0.39 is 24.8 Å². The molecule has 4 aromatic rings. The van der Waals surface area contributed by atoms with Crippen molar-refractivity contribution in [2.24, 2.45) is 0 Å². The van der Waals surface area contributed by atoms with E-state index in [0.717, 1.165) is 16.8 Å². The molecule has 4 rings (SSSR count). The van der Waals surface area contributed by atoms with Gasteiger partial charge in [0.15, 0.2) is 17.4 Å². The Kier molecular flexibility index (Phi) is 5.99. The summed E-state index contributed by atoms with van der Waals surface area (Å²) in [5.74, 6) is 0.596. The van der Waals surface area contributed by atoms with E-state index in [1.54, 1.807) is 24.4 Å². The van der Waals surface area contributed by atoms with Gasteiger partial charge in [0.2, 0.25) is 0 Å². The number of nitrogens with two attached hydrogens (primary N) is 1. The van der Waals surface area contributed by atoms with Gasteiger partial charge >= 0.3 is 6.18 Å². The number of methoxy groups -OCH3 is 1. The van der Waals surface area contributed by atoms with Gasteiger partial charge in [0.25, 0.3) is 0 Å². The molecule has 0 spiro atoms. The number of aromatic nitrogens is 4. The third kappa shape index (κ3) is 5.11. The Morgan fingerprint density at radius 2 is 1.94 bits per heavy atom. The molecule has 0 saturated heterocycles. The molecule has 33 heavy (non-hydrogen) atoms. The highest BCUT2D eigenvalue weighted by Gasteiger charge is 2.27. The number of pyridine rings is 1. The van der Waals surface area contributed by atoms with Crippen LogP contribution in [0.15, 0.2) is 55.0 Å². The second kappa shape index (κ2) is 8.89. The molecule has 0 aliphatic heterocycles. The Morgan fingerprint density at radius 1 is 1.12 bits per heavy atom. The number of ether oxygens (including phenoxy) is 1. The number of hydrogen-bond acceptors (Lipinski definition) is 6. The number of carbonyl (C=O) groups is 1. The van der Waals surface area contributed by atoms with Gasteiger partial charge in [-0.15, -0.1) is 0 Å². The minimum absolute atomic E-state index is 0.0545. The van der Waals surface area contributed by atoms with Crippen LogP contribution in [0.4, 0.5) is 19.0 Å². The van der Waals surface area contributed by atoms with E-state index in [1.807, 2.05) is 28.8 Å². The maximum Gasteiger partial charge on any atom is 0.389 e. The van der Waals surface area contributed by atoms with E-state index >= 15 is 0 Å². The molecule has 0 saturated carbocycles. The van der Waals surface area contributed by atoms with Crippen LogP contribution in [0.5, 0.6) is 5.75 Å². The zero-order chi connectivity index (χ0) is 23.6. The highest BCUT2D eigenvalue weighted by atomic mass is 19.4. The summed E-state index contributed by atoms with van der Waals surface area (Å²) in [6.45, 7) is 0. The minimum Gasteiger partial charge on any atom is -0.491 e. The minimum atomic E-state index is -4.34. The Labute approximate surface area is 187 Å². The quantitative estimate of drug-likeness (QED) is 0.441. The van der Waals surface area contributed by atoms with Gasteiger partial charge in [-0.3, -0.25) is 9.20 Å². The van der Waals surface area contributed by atoms with Crippen molar-refractivity contribution < 1.29 is 22.7 Å². The second-order valence-corrected chi connectivity index (χ2v) is 7.47. The van der Waals surface area contributed by atoms with Crippen LogP contribution in [0.1, 0.15) is 18.4 Å². The third-order valence-electron chi connectivity index (χ3n) is 5.09. The molecule has 0 radical (unpaired) electrons. The van der Waals surface area contributed by atoms with Crippen molar-refractivity contribution in [1.29, 1.82) is 0 Å². The number of hydrogen-bond donors (Lipinski definition) is 1. The van der Waals surface area contributed by atoms with Gasteiger partial charge in [-0.2, -0.15) is 13.2 Å². The van der Waals surface area contributed by atoms with E-state index in [0.29, 0.717) is 22.8 Å². The number of Topliss-reactive ketones (excluding diaryl/α,β-unsaturated/α-hetero) is 1. The molecule has 0 amide bonds. The van der Waals surface area contributed by atoms with E-state index in [4.69, 9.17) is 10.5 Å². The maximum absolute atomic E-state index is 12.4. The first kappa shape index (κ1) is 22.3. The highest BCUT2D eigenvalue weighted by molar-refractivity contribution is 5.81. The van der Waals surface area contributed by atoms with Crippen LogP contribution in [0, 0.1) is 0 Å². The summed E-state index contributed by atoms with van der Waals surface area (Å²) in [5, 5.41) is 0. The molecule has 0 atom stereocenters. The second-order valence-electron chi connectivity index (χ2n) is 7.47. The Hall–Kier alpha value is -3.95. The number of rotatable bonds is 7. The van der Waals surface area contributed by atoms with Crippen LogP contribution in [0.3, 0.4) is 0 Å². The van der Waals surface area contributed by atoms with Crippen LogP contribution >= 0.6 is 0 Å². The van der Waals surface area contributed by atoms with Crippen molar-refractivity contribution in [2.75, 3.05) is 12.8 Å². The monoisotopic (exact) mass is 455 g/mol. The van der Waals surface area contributed by atoms with E-state index in [1.165, 1.54) is 13.3 Å². The lowest BCUT2D eigenvalue weighted by molar-refractivity contribution is -0.143. The van der Waals surface area contributed by atoms with Crippen LogP contribution in [0.25, 0.3) is 28.3 Å². The molecule has 1 aromatic carbocycles. The van der Waals surface area contributed by atoms with Crippen molar-refractivity contribution in [3.63, 3.8) is 0 Å². The number of ketones is 1. The molecule has 7 nitrogen and oxygen atoms in total. The van der Waals surface area contributed by atoms with Gasteiger partial charge in [-0.05, 0) is 23.8 Å². The van der Waals surface area contributed by atoms with Gasteiger partial charge in [-0.25, -0.2) is 15.0 Å². The number of alkyl halides is 3. The van der Waals surface area contributed by atoms with E-state index in [9.17, 15) is 18.0 Å². The summed E-state index contributed by atoms with van der Waals surface area (Å²) in [6, 6.07) is 10.8. The van der Waals surface area contributed by atoms with Crippen molar-refractivity contribution in [2.45, 2.75) is 25.4 Å². The fraction of sp³-hybridized carbons (Fsp3) is 0.217. The molecule has 0 unspecified atom stereocenters. The number of carbonyl (C=O) groups excluding carboxylic acids is 1. The number of anilines is 1. The third-order valence-corrected chi connectivity index (χ3v) is 5.09. The molecule has 170 valence electrons. The lowest BCUT2D eigenvalue weighted by atomic mass is 10.0. The zero-order valence-electron chi connectivity index (χ0n) is 17.6. The number of nitrogen functional groups attached to an aromatic ring is 1. The lowest BCUT2D eigenvalue weighted by Gasteiger charge is -2.08. The Balaban J connectivity index is 1.57. The standard InChI is InChI=1S/C23H20F3N5O2/c1-33-19-13-29-22(30-21(19)27)16-6-8-31-18(12-28-20(31)11-16)15-4-2-3-14(9-15)10-17(32)5-7-23(24,25)26/h2-4,6,8-9,11-13H,5,7,10H2,1H3,(H2,27,29,30). The van der Waals surface area contributed by atoms with Gasteiger partial charge in [0.05, 0.1) is 31.6 Å². The molecular weight excluding hydrogens is 435 g/mol. The summed E-state index contributed by atoms with van der Waals surface area (Å²) in [4.78, 5) is 24.9. The Bertz CT molecular complexity index is 1320. The molecule has 0 bridgehead atoms. The highest BCUT2D eigenvalue weighted by Crippen LogP contribution is 2.27. The first-order chi connectivity index (χ1) is 15.7. The zero-order valence-corrected chi connectivity index (χ0v) is 17.6. The fourth-order valence-corrected chi connectivity index (χ4v) is 3.45. The predicted octanol–water partition coefficient (Wildman–Crippen LogP) is 4.50. The molecule has 2 N–H and O–H groups in total. The average Bonchev–Trinajstić information content (AvgIpc) is 3.21. The lowest BCUT2D eigenvalue weighted by Crippen LogP contribution is -2.12. The number of halogens is 3. The van der Waals surface area contributed by atoms with Crippen LogP contribution in [-0.4, -0.2) is 38.4 Å². The topological polar surface area (TPSA) is 95.4 Å². The number of imidazole rings is 1. The molecule has 3 aromatic heterocycles. The maximum atomic E-state index is 12.4. The molecule has 10 heteroatoms. The smallest absolute Gasteiger partial charge is 0.389 e. The summed E-state index contributed by atoms with van der Waals surface area (Å²) in [5.41, 5.74) is 9.45. The predicted molar refractivity (Wildman–Crippen MR) is 117 cm³/mol. The number of fused-ring (bicyclic) bond motifs is 1. The van der Waals surface area contributed by atoms with Crippen molar-refractivity contribution in [3.8, 4) is 28.4 Å². The molecule has 0 aliphatic rings. The molecule has 0 fully saturated rings. The summed E-state index contributed by atoms with van der Waals surface area (Å²) in [6.07, 6.45) is -1.02. The van der Waals surface area contributed by atoms with Crippen molar-refractivity contribution in [3.05, 3.63) is 60.6 Å². The van der Waals surface area contributed by atoms with Crippen molar-refractivity contribution in [1.82, 2.24) is 19.4 Å². The van der Waals surface area contributed by atoms with Gasteiger partial charge in [0, 0.05) is 30.2 Å². The van der Waals surface area contributed by atoms with Gasteiger partial charge in [-0.1, -0.05) is 18.2 Å². The first-order valence-electron chi connectivity index (χ1n) is 10.1. The van der Waals surface area contributed by atoms with E-state index in [-0.39, 0.29) is 12.2 Å².